The Labute approximate surface area is 129 Å². The van der Waals surface area contributed by atoms with Crippen LogP contribution in [0.2, 0.25) is 0 Å². The van der Waals surface area contributed by atoms with Crippen LogP contribution in [0.4, 0.5) is 5.69 Å². The van der Waals surface area contributed by atoms with Crippen LogP contribution in [-0.2, 0) is 12.5 Å². The first-order valence-electron chi connectivity index (χ1n) is 7.32. The summed E-state index contributed by atoms with van der Waals surface area (Å²) in [6.45, 7) is 7.19. The van der Waals surface area contributed by atoms with Gasteiger partial charge >= 0.3 is 0 Å². The van der Waals surface area contributed by atoms with Crippen molar-refractivity contribution in [1.29, 1.82) is 0 Å². The Bertz CT molecular complexity index is 715. The third-order valence-corrected chi connectivity index (χ3v) is 3.71. The van der Waals surface area contributed by atoms with Crippen molar-refractivity contribution in [2.24, 2.45) is 7.05 Å². The van der Waals surface area contributed by atoms with E-state index in [2.05, 4.69) is 30.9 Å². The van der Waals surface area contributed by atoms with Crippen LogP contribution in [0.3, 0.4) is 0 Å². The van der Waals surface area contributed by atoms with E-state index in [1.807, 2.05) is 12.1 Å². The maximum absolute atomic E-state index is 12.9. The molecule has 3 heterocycles. The molecule has 1 aliphatic rings. The molecule has 0 N–H and O–H groups in total. The highest BCUT2D eigenvalue weighted by Gasteiger charge is 2.29. The summed E-state index contributed by atoms with van der Waals surface area (Å²) in [6.07, 6.45) is 1.66. The van der Waals surface area contributed by atoms with Crippen LogP contribution in [0.5, 0.6) is 5.88 Å². The molecule has 6 heteroatoms. The van der Waals surface area contributed by atoms with Crippen LogP contribution in [0.1, 0.15) is 37.0 Å². The highest BCUT2D eigenvalue weighted by Crippen LogP contribution is 2.30. The van der Waals surface area contributed by atoms with Gasteiger partial charge in [0.15, 0.2) is 0 Å². The smallest absolute Gasteiger partial charge is 0.276 e. The molecule has 0 aromatic carbocycles. The number of aryl methyl sites for hydroxylation is 1. The van der Waals surface area contributed by atoms with Crippen LogP contribution in [0, 0.1) is 0 Å². The van der Waals surface area contributed by atoms with Crippen LogP contribution >= 0.6 is 0 Å². The minimum Gasteiger partial charge on any atom is -0.474 e. The van der Waals surface area contributed by atoms with Crippen molar-refractivity contribution in [2.45, 2.75) is 26.2 Å². The fourth-order valence-corrected chi connectivity index (χ4v) is 2.44. The molecule has 2 aromatic rings. The number of hydrogen-bond acceptors (Lipinski definition) is 4. The van der Waals surface area contributed by atoms with E-state index in [0.29, 0.717) is 30.4 Å². The lowest BCUT2D eigenvalue weighted by Gasteiger charge is -2.28. The van der Waals surface area contributed by atoms with Crippen LogP contribution in [0.25, 0.3) is 0 Å². The van der Waals surface area contributed by atoms with Gasteiger partial charge < -0.3 is 4.74 Å². The number of amides is 1. The van der Waals surface area contributed by atoms with Gasteiger partial charge in [0, 0.05) is 18.7 Å². The molecule has 22 heavy (non-hydrogen) atoms. The van der Waals surface area contributed by atoms with Crippen LogP contribution in [-0.4, -0.2) is 33.8 Å². The zero-order valence-electron chi connectivity index (χ0n) is 13.3. The Balaban J connectivity index is 1.98. The highest BCUT2D eigenvalue weighted by atomic mass is 16.5. The van der Waals surface area contributed by atoms with E-state index >= 15 is 0 Å². The number of anilines is 1. The number of carbonyl (C=O) groups is 1. The Hall–Kier alpha value is -2.37. The number of carbonyl (C=O) groups excluding carboxylic acids is 1. The molecule has 0 unspecified atom stereocenters. The number of nitrogens with zero attached hydrogens (tertiary/aromatic N) is 4. The van der Waals surface area contributed by atoms with Crippen molar-refractivity contribution >= 4 is 11.6 Å². The molecule has 116 valence electrons. The van der Waals surface area contributed by atoms with Gasteiger partial charge in [-0.1, -0.05) is 20.8 Å². The number of rotatable bonds is 1. The molecule has 2 aromatic heterocycles. The molecule has 1 aliphatic heterocycles. The van der Waals surface area contributed by atoms with Gasteiger partial charge in [0.1, 0.15) is 18.0 Å². The average Bonchev–Trinajstić information content (AvgIpc) is 2.88. The Kier molecular flexibility index (Phi) is 3.39. The Morgan fingerprint density at radius 1 is 1.36 bits per heavy atom. The Morgan fingerprint density at radius 3 is 2.82 bits per heavy atom. The fraction of sp³-hybridized carbons (Fsp3) is 0.438. The van der Waals surface area contributed by atoms with Crippen molar-refractivity contribution in [3.63, 3.8) is 0 Å². The standard InChI is InChI=1S/C16H20N4O2/c1-16(2,3)13-10-12(19(4)18-13)15(21)20-8-9-22-14-11(20)6-5-7-17-14/h5-7,10H,8-9H2,1-4H3. The molecule has 0 radical (unpaired) electrons. The third-order valence-electron chi connectivity index (χ3n) is 3.71. The van der Waals surface area contributed by atoms with E-state index < -0.39 is 0 Å². The van der Waals surface area contributed by atoms with Crippen molar-refractivity contribution in [3.8, 4) is 5.88 Å². The lowest BCUT2D eigenvalue weighted by atomic mass is 9.92. The SMILES string of the molecule is Cn1nc(C(C)(C)C)cc1C(=O)N1CCOc2ncccc21. The predicted octanol–water partition coefficient (Wildman–Crippen LogP) is 2.15. The third kappa shape index (κ3) is 2.45. The summed E-state index contributed by atoms with van der Waals surface area (Å²) in [5.74, 6) is 0.420. The van der Waals surface area contributed by atoms with Crippen LogP contribution < -0.4 is 9.64 Å². The molecule has 0 saturated carbocycles. The van der Waals surface area contributed by atoms with E-state index in [0.717, 1.165) is 5.69 Å². The molecule has 0 aliphatic carbocycles. The molecule has 0 saturated heterocycles. The molecule has 3 rings (SSSR count). The second kappa shape index (κ2) is 5.12. The van der Waals surface area contributed by atoms with Crippen molar-refractivity contribution in [2.75, 3.05) is 18.1 Å². The summed E-state index contributed by atoms with van der Waals surface area (Å²) in [5, 5.41) is 4.48. The maximum Gasteiger partial charge on any atom is 0.276 e. The average molecular weight is 300 g/mol. The first-order chi connectivity index (χ1) is 10.4. The topological polar surface area (TPSA) is 60.2 Å². The van der Waals surface area contributed by atoms with E-state index in [1.54, 1.807) is 28.9 Å². The molecule has 0 atom stereocenters. The van der Waals surface area contributed by atoms with Crippen molar-refractivity contribution in [3.05, 3.63) is 35.8 Å². The van der Waals surface area contributed by atoms with Gasteiger partial charge in [-0.2, -0.15) is 5.10 Å². The molecule has 0 bridgehead atoms. The largest absolute Gasteiger partial charge is 0.474 e. The first kappa shape index (κ1) is 14.6. The first-order valence-corrected chi connectivity index (χ1v) is 7.32. The fourth-order valence-electron chi connectivity index (χ4n) is 2.44. The lowest BCUT2D eigenvalue weighted by Crippen LogP contribution is -2.39. The molecule has 0 fully saturated rings. The number of hydrogen-bond donors (Lipinski definition) is 0. The normalized spacial score (nSPS) is 14.5. The number of ether oxygens (including phenoxy) is 1. The van der Waals surface area contributed by atoms with E-state index in [4.69, 9.17) is 4.74 Å². The van der Waals surface area contributed by atoms with Gasteiger partial charge in [-0.15, -0.1) is 0 Å². The monoisotopic (exact) mass is 300 g/mol. The summed E-state index contributed by atoms with van der Waals surface area (Å²) >= 11 is 0. The van der Waals surface area contributed by atoms with Gasteiger partial charge in [-0.3, -0.25) is 14.4 Å². The number of fused-ring (bicyclic) bond motifs is 1. The van der Waals surface area contributed by atoms with Gasteiger partial charge in [-0.25, -0.2) is 4.98 Å². The summed E-state index contributed by atoms with van der Waals surface area (Å²) in [7, 11) is 1.80. The van der Waals surface area contributed by atoms with Gasteiger partial charge in [0.25, 0.3) is 5.91 Å². The summed E-state index contributed by atoms with van der Waals surface area (Å²) in [5.41, 5.74) is 2.08. The second-order valence-corrected chi connectivity index (χ2v) is 6.42. The minimum atomic E-state index is -0.0965. The summed E-state index contributed by atoms with van der Waals surface area (Å²) < 4.78 is 7.15. The molecular weight excluding hydrogens is 280 g/mol. The molecule has 6 nitrogen and oxygen atoms in total. The zero-order valence-corrected chi connectivity index (χ0v) is 13.3. The lowest BCUT2D eigenvalue weighted by molar-refractivity contribution is 0.0966. The van der Waals surface area contributed by atoms with Crippen LogP contribution in [0.15, 0.2) is 24.4 Å². The quantitative estimate of drug-likeness (QED) is 0.809. The maximum atomic E-state index is 12.9. The van der Waals surface area contributed by atoms with Gasteiger partial charge in [0.2, 0.25) is 5.88 Å². The number of aromatic nitrogens is 3. The summed E-state index contributed by atoms with van der Waals surface area (Å²) in [4.78, 5) is 18.8. The minimum absolute atomic E-state index is 0.0805. The van der Waals surface area contributed by atoms with Gasteiger partial charge in [0.05, 0.1) is 12.2 Å². The zero-order chi connectivity index (χ0) is 15.9. The van der Waals surface area contributed by atoms with Crippen molar-refractivity contribution < 1.29 is 9.53 Å². The molecule has 1 amide bonds. The predicted molar refractivity (Wildman–Crippen MR) is 83.3 cm³/mol. The number of pyridine rings is 1. The van der Waals surface area contributed by atoms with Gasteiger partial charge in [-0.05, 0) is 18.2 Å². The highest BCUT2D eigenvalue weighted by molar-refractivity contribution is 6.06. The second-order valence-electron chi connectivity index (χ2n) is 6.42. The molecular formula is C16H20N4O2. The molecule has 0 spiro atoms. The van der Waals surface area contributed by atoms with E-state index in [-0.39, 0.29) is 11.3 Å². The Morgan fingerprint density at radius 2 is 2.14 bits per heavy atom. The summed E-state index contributed by atoms with van der Waals surface area (Å²) in [6, 6.07) is 5.52. The van der Waals surface area contributed by atoms with E-state index in [1.165, 1.54) is 0 Å². The van der Waals surface area contributed by atoms with Crippen molar-refractivity contribution in [1.82, 2.24) is 14.8 Å². The van der Waals surface area contributed by atoms with E-state index in [9.17, 15) is 4.79 Å².